The number of benzene rings is 1. The Labute approximate surface area is 121 Å². The van der Waals surface area contributed by atoms with Crippen molar-refractivity contribution in [3.8, 4) is 0 Å². The normalized spacial score (nSPS) is 11.4. The molecule has 0 aliphatic rings. The lowest BCUT2D eigenvalue weighted by molar-refractivity contribution is -0.178. The number of ether oxygens (including phenoxy) is 1. The van der Waals surface area contributed by atoms with E-state index < -0.39 is 25.3 Å². The molecule has 0 radical (unpaired) electrons. The van der Waals surface area contributed by atoms with Gasteiger partial charge in [-0.2, -0.15) is 13.2 Å². The number of anilines is 1. The zero-order valence-corrected chi connectivity index (χ0v) is 11.8. The molecule has 0 unspecified atom stereocenters. The minimum atomic E-state index is -4.42. The number of carbonyl (C=O) groups is 1. The van der Waals surface area contributed by atoms with E-state index in [1.165, 1.54) is 4.90 Å². The van der Waals surface area contributed by atoms with Crippen LogP contribution in [0.4, 0.5) is 18.9 Å². The molecule has 0 fully saturated rings. The Morgan fingerprint density at radius 2 is 1.90 bits per heavy atom. The van der Waals surface area contributed by atoms with Gasteiger partial charge in [-0.25, -0.2) is 0 Å². The van der Waals surface area contributed by atoms with E-state index in [0.717, 1.165) is 5.56 Å². The lowest BCUT2D eigenvalue weighted by Gasteiger charge is -2.22. The summed E-state index contributed by atoms with van der Waals surface area (Å²) in [5, 5.41) is 0. The Kier molecular flexibility index (Phi) is 6.48. The van der Waals surface area contributed by atoms with Crippen molar-refractivity contribution < 1.29 is 22.7 Å². The van der Waals surface area contributed by atoms with Crippen LogP contribution in [0.3, 0.4) is 0 Å². The van der Waals surface area contributed by atoms with Gasteiger partial charge in [0.2, 0.25) is 5.91 Å². The van der Waals surface area contributed by atoms with Gasteiger partial charge >= 0.3 is 6.18 Å². The molecule has 0 spiro atoms. The second-order valence-electron chi connectivity index (χ2n) is 4.66. The monoisotopic (exact) mass is 304 g/mol. The van der Waals surface area contributed by atoms with E-state index in [2.05, 4.69) is 4.74 Å². The molecule has 1 rings (SSSR count). The molecule has 1 aromatic carbocycles. The van der Waals surface area contributed by atoms with Gasteiger partial charge in [0.15, 0.2) is 0 Å². The van der Waals surface area contributed by atoms with Gasteiger partial charge in [-0.05, 0) is 24.1 Å². The number of nitrogens with zero attached hydrogens (tertiary/aromatic N) is 1. The van der Waals surface area contributed by atoms with Crippen LogP contribution in [0.2, 0.25) is 0 Å². The molecule has 118 valence electrons. The van der Waals surface area contributed by atoms with Gasteiger partial charge in [0, 0.05) is 18.8 Å². The van der Waals surface area contributed by atoms with Crippen LogP contribution < -0.4 is 5.73 Å². The molecule has 7 heteroatoms. The van der Waals surface area contributed by atoms with Crippen molar-refractivity contribution in [2.75, 3.05) is 25.5 Å². The number of nitrogens with two attached hydrogens (primary N) is 1. The molecule has 0 bridgehead atoms. The first-order chi connectivity index (χ1) is 9.81. The maximum atomic E-state index is 12.0. The van der Waals surface area contributed by atoms with E-state index in [-0.39, 0.29) is 0 Å². The lowest BCUT2D eigenvalue weighted by atomic mass is 10.2. The first-order valence-electron chi connectivity index (χ1n) is 6.58. The highest BCUT2D eigenvalue weighted by molar-refractivity contribution is 5.77. The average Bonchev–Trinajstić information content (AvgIpc) is 2.39. The van der Waals surface area contributed by atoms with E-state index in [4.69, 9.17) is 5.73 Å². The molecular formula is C14H19F3N2O2. The third kappa shape index (κ3) is 6.99. The fourth-order valence-electron chi connectivity index (χ4n) is 1.75. The van der Waals surface area contributed by atoms with E-state index in [1.807, 2.05) is 6.92 Å². The Morgan fingerprint density at radius 3 is 2.43 bits per heavy atom. The van der Waals surface area contributed by atoms with Gasteiger partial charge in [0.25, 0.3) is 0 Å². The van der Waals surface area contributed by atoms with Gasteiger partial charge in [0.05, 0.1) is 0 Å². The molecule has 4 nitrogen and oxygen atoms in total. The van der Waals surface area contributed by atoms with Crippen molar-refractivity contribution in [3.05, 3.63) is 29.8 Å². The summed E-state index contributed by atoms with van der Waals surface area (Å²) in [6, 6.07) is 6.98. The van der Waals surface area contributed by atoms with Gasteiger partial charge in [-0.3, -0.25) is 4.79 Å². The number of halogens is 3. The molecule has 2 N–H and O–H groups in total. The van der Waals surface area contributed by atoms with Gasteiger partial charge in [0.1, 0.15) is 13.2 Å². The molecule has 0 saturated heterocycles. The van der Waals surface area contributed by atoms with E-state index >= 15 is 0 Å². The predicted molar refractivity (Wildman–Crippen MR) is 73.4 cm³/mol. The lowest BCUT2D eigenvalue weighted by Crippen LogP contribution is -2.35. The molecule has 1 aromatic rings. The number of rotatable bonds is 7. The second-order valence-corrected chi connectivity index (χ2v) is 4.66. The zero-order valence-electron chi connectivity index (χ0n) is 11.8. The SMILES string of the molecule is CCCN(Cc1ccc(N)cc1)C(=O)COCC(F)(F)F. The molecule has 0 aliphatic carbocycles. The number of hydrogen-bond donors (Lipinski definition) is 1. The van der Waals surface area contributed by atoms with E-state index in [9.17, 15) is 18.0 Å². The molecule has 0 aromatic heterocycles. The van der Waals surface area contributed by atoms with Crippen LogP contribution in [0.1, 0.15) is 18.9 Å². The van der Waals surface area contributed by atoms with Crippen molar-refractivity contribution >= 4 is 11.6 Å². The Morgan fingerprint density at radius 1 is 1.29 bits per heavy atom. The third-order valence-corrected chi connectivity index (χ3v) is 2.69. The molecule has 0 heterocycles. The highest BCUT2D eigenvalue weighted by Gasteiger charge is 2.28. The number of hydrogen-bond acceptors (Lipinski definition) is 3. The van der Waals surface area contributed by atoms with Crippen LogP contribution in [0, 0.1) is 0 Å². The van der Waals surface area contributed by atoms with Crippen molar-refractivity contribution in [1.82, 2.24) is 4.90 Å². The molecule has 0 atom stereocenters. The van der Waals surface area contributed by atoms with Crippen molar-refractivity contribution in [2.24, 2.45) is 0 Å². The van der Waals surface area contributed by atoms with Gasteiger partial charge in [-0.15, -0.1) is 0 Å². The number of nitrogen functional groups attached to an aromatic ring is 1. The fourth-order valence-corrected chi connectivity index (χ4v) is 1.75. The second kappa shape index (κ2) is 7.87. The van der Waals surface area contributed by atoms with Crippen molar-refractivity contribution in [1.29, 1.82) is 0 Å². The van der Waals surface area contributed by atoms with Gasteiger partial charge in [-0.1, -0.05) is 19.1 Å². The summed E-state index contributed by atoms with van der Waals surface area (Å²) in [6.07, 6.45) is -3.72. The highest BCUT2D eigenvalue weighted by atomic mass is 19.4. The molecule has 0 saturated carbocycles. The van der Waals surface area contributed by atoms with E-state index in [1.54, 1.807) is 24.3 Å². The standard InChI is InChI=1S/C14H19F3N2O2/c1-2-7-19(8-11-3-5-12(18)6-4-11)13(20)9-21-10-14(15,16)17/h3-6H,2,7-10,18H2,1H3. The summed E-state index contributed by atoms with van der Waals surface area (Å²) < 4.78 is 40.3. The quantitative estimate of drug-likeness (QED) is 0.788. The summed E-state index contributed by atoms with van der Waals surface area (Å²) >= 11 is 0. The zero-order chi connectivity index (χ0) is 15.9. The smallest absolute Gasteiger partial charge is 0.399 e. The Bertz CT molecular complexity index is 447. The first-order valence-corrected chi connectivity index (χ1v) is 6.58. The molecular weight excluding hydrogens is 285 g/mol. The fraction of sp³-hybridized carbons (Fsp3) is 0.500. The number of alkyl halides is 3. The Hall–Kier alpha value is -1.76. The van der Waals surface area contributed by atoms with Crippen LogP contribution in [0.5, 0.6) is 0 Å². The largest absolute Gasteiger partial charge is 0.411 e. The van der Waals surface area contributed by atoms with Crippen LogP contribution >= 0.6 is 0 Å². The van der Waals surface area contributed by atoms with Crippen LogP contribution in [0.25, 0.3) is 0 Å². The minimum absolute atomic E-state index is 0.322. The predicted octanol–water partition coefficient (Wildman–Crippen LogP) is 2.59. The topological polar surface area (TPSA) is 55.6 Å². The first kappa shape index (κ1) is 17.3. The minimum Gasteiger partial charge on any atom is -0.399 e. The summed E-state index contributed by atoms with van der Waals surface area (Å²) in [6.45, 7) is 0.676. The van der Waals surface area contributed by atoms with Crippen LogP contribution in [-0.2, 0) is 16.1 Å². The summed E-state index contributed by atoms with van der Waals surface area (Å²) in [7, 11) is 0. The van der Waals surface area contributed by atoms with E-state index in [0.29, 0.717) is 25.2 Å². The number of carbonyl (C=O) groups excluding carboxylic acids is 1. The third-order valence-electron chi connectivity index (χ3n) is 2.69. The van der Waals surface area contributed by atoms with Gasteiger partial charge < -0.3 is 15.4 Å². The van der Waals surface area contributed by atoms with Crippen molar-refractivity contribution in [2.45, 2.75) is 26.1 Å². The molecule has 0 aliphatic heterocycles. The molecule has 21 heavy (non-hydrogen) atoms. The highest BCUT2D eigenvalue weighted by Crippen LogP contribution is 2.15. The average molecular weight is 304 g/mol. The van der Waals surface area contributed by atoms with Crippen LogP contribution in [-0.4, -0.2) is 36.7 Å². The maximum Gasteiger partial charge on any atom is 0.411 e. The summed E-state index contributed by atoms with van der Waals surface area (Å²) in [5.41, 5.74) is 7.05. The Balaban J connectivity index is 2.55. The number of amides is 1. The molecule has 1 amide bonds. The summed E-state index contributed by atoms with van der Waals surface area (Å²) in [5.74, 6) is -0.460. The summed E-state index contributed by atoms with van der Waals surface area (Å²) in [4.78, 5) is 13.4. The van der Waals surface area contributed by atoms with Crippen LogP contribution in [0.15, 0.2) is 24.3 Å². The maximum absolute atomic E-state index is 12.0. The van der Waals surface area contributed by atoms with Crippen molar-refractivity contribution in [3.63, 3.8) is 0 Å².